The molecule has 16 heavy (non-hydrogen) atoms. The summed E-state index contributed by atoms with van der Waals surface area (Å²) >= 11 is 1.90. The number of amidine groups is 1. The summed E-state index contributed by atoms with van der Waals surface area (Å²) in [5.74, 6) is 0. The molecule has 3 nitrogen and oxygen atoms in total. The van der Waals surface area contributed by atoms with Gasteiger partial charge in [0.2, 0.25) is 0 Å². The lowest BCUT2D eigenvalue weighted by Crippen LogP contribution is -2.39. The Kier molecular flexibility index (Phi) is 5.12. The summed E-state index contributed by atoms with van der Waals surface area (Å²) in [5, 5.41) is 5.31. The maximum atomic E-state index is 4.53. The van der Waals surface area contributed by atoms with Gasteiger partial charge in [0.05, 0.1) is 6.54 Å². The molecule has 0 bridgehead atoms. The van der Waals surface area contributed by atoms with Gasteiger partial charge in [-0.1, -0.05) is 32.5 Å². The van der Waals surface area contributed by atoms with Gasteiger partial charge in [0.1, 0.15) is 0 Å². The first-order valence-corrected chi connectivity index (χ1v) is 6.90. The predicted octanol–water partition coefficient (Wildman–Crippen LogP) is 2.05. The Labute approximate surface area is 104 Å². The van der Waals surface area contributed by atoms with Gasteiger partial charge >= 0.3 is 0 Å². The standard InChI is InChI=1S/C12H25N3S/c1-6-10-7-13-11(16-10)14-8-12(2,3)9-15(4)5/h10H,6-9H2,1-5H3,(H,13,14). The number of aliphatic imine (C=N–C) groups is 1. The lowest BCUT2D eigenvalue weighted by Gasteiger charge is -2.28. The third-order valence-corrected chi connectivity index (χ3v) is 3.95. The van der Waals surface area contributed by atoms with Crippen LogP contribution >= 0.6 is 11.8 Å². The molecule has 0 saturated carbocycles. The number of nitrogens with zero attached hydrogens (tertiary/aromatic N) is 2. The van der Waals surface area contributed by atoms with Gasteiger partial charge in [0.15, 0.2) is 5.17 Å². The van der Waals surface area contributed by atoms with Crippen molar-refractivity contribution in [2.45, 2.75) is 32.4 Å². The van der Waals surface area contributed by atoms with Gasteiger partial charge in [-0.15, -0.1) is 0 Å². The molecule has 4 heteroatoms. The zero-order chi connectivity index (χ0) is 12.2. The van der Waals surface area contributed by atoms with Crippen molar-refractivity contribution in [3.8, 4) is 0 Å². The van der Waals surface area contributed by atoms with Crippen LogP contribution in [0.2, 0.25) is 0 Å². The lowest BCUT2D eigenvalue weighted by atomic mass is 9.93. The molecule has 1 heterocycles. The molecule has 1 rings (SSSR count). The fourth-order valence-corrected chi connectivity index (χ4v) is 2.89. The molecule has 1 unspecified atom stereocenters. The average molecular weight is 243 g/mol. The minimum Gasteiger partial charge on any atom is -0.364 e. The monoisotopic (exact) mass is 243 g/mol. The van der Waals surface area contributed by atoms with Crippen LogP contribution in [0.25, 0.3) is 0 Å². The van der Waals surface area contributed by atoms with Crippen molar-refractivity contribution >= 4 is 16.9 Å². The van der Waals surface area contributed by atoms with E-state index < -0.39 is 0 Å². The number of thioether (sulfide) groups is 1. The number of hydrogen-bond acceptors (Lipinski definition) is 4. The van der Waals surface area contributed by atoms with Gasteiger partial charge < -0.3 is 10.2 Å². The summed E-state index contributed by atoms with van der Waals surface area (Å²) in [6.07, 6.45) is 1.21. The molecule has 0 radical (unpaired) electrons. The van der Waals surface area contributed by atoms with E-state index in [9.17, 15) is 0 Å². The van der Waals surface area contributed by atoms with Gasteiger partial charge in [0, 0.05) is 18.3 Å². The van der Waals surface area contributed by atoms with Crippen LogP contribution in [0.3, 0.4) is 0 Å². The van der Waals surface area contributed by atoms with Crippen molar-refractivity contribution in [2.24, 2.45) is 10.4 Å². The van der Waals surface area contributed by atoms with Crippen molar-refractivity contribution < 1.29 is 0 Å². The molecule has 1 atom stereocenters. The first-order chi connectivity index (χ1) is 7.43. The lowest BCUT2D eigenvalue weighted by molar-refractivity contribution is 0.242. The Bertz CT molecular complexity index is 249. The second kappa shape index (κ2) is 5.92. The van der Waals surface area contributed by atoms with E-state index >= 15 is 0 Å². The quantitative estimate of drug-likeness (QED) is 0.801. The Morgan fingerprint density at radius 3 is 2.69 bits per heavy atom. The molecule has 0 spiro atoms. The molecule has 0 saturated heterocycles. The minimum atomic E-state index is 0.289. The smallest absolute Gasteiger partial charge is 0.156 e. The third kappa shape index (κ3) is 4.74. The number of nitrogens with one attached hydrogen (secondary N) is 1. The van der Waals surface area contributed by atoms with Gasteiger partial charge in [0.25, 0.3) is 0 Å². The maximum absolute atomic E-state index is 4.53. The van der Waals surface area contributed by atoms with E-state index in [4.69, 9.17) is 0 Å². The summed E-state index contributed by atoms with van der Waals surface area (Å²) in [5.41, 5.74) is 0.289. The van der Waals surface area contributed by atoms with Crippen LogP contribution in [0.5, 0.6) is 0 Å². The normalized spacial score (nSPS) is 21.4. The van der Waals surface area contributed by atoms with Crippen molar-refractivity contribution in [3.05, 3.63) is 0 Å². The molecule has 1 aliphatic rings. The molecule has 0 amide bonds. The highest BCUT2D eigenvalue weighted by atomic mass is 32.2. The third-order valence-electron chi connectivity index (χ3n) is 2.63. The van der Waals surface area contributed by atoms with Crippen molar-refractivity contribution in [1.82, 2.24) is 10.2 Å². The molecule has 1 aliphatic heterocycles. The molecule has 0 fully saturated rings. The van der Waals surface area contributed by atoms with Crippen LogP contribution in [0.4, 0.5) is 0 Å². The second-order valence-corrected chi connectivity index (χ2v) is 6.84. The van der Waals surface area contributed by atoms with Gasteiger partial charge in [-0.05, 0) is 25.9 Å². The minimum absolute atomic E-state index is 0.289. The van der Waals surface area contributed by atoms with Crippen LogP contribution in [-0.4, -0.2) is 49.0 Å². The van der Waals surface area contributed by atoms with Gasteiger partial charge in [-0.2, -0.15) is 0 Å². The topological polar surface area (TPSA) is 27.6 Å². The molecule has 0 aromatic heterocycles. The van der Waals surface area contributed by atoms with Crippen LogP contribution < -0.4 is 5.32 Å². The van der Waals surface area contributed by atoms with E-state index in [1.54, 1.807) is 0 Å². The summed E-state index contributed by atoms with van der Waals surface area (Å²) < 4.78 is 0. The Morgan fingerprint density at radius 2 is 2.19 bits per heavy atom. The highest BCUT2D eigenvalue weighted by Gasteiger charge is 2.22. The molecule has 0 aromatic rings. The zero-order valence-electron chi connectivity index (χ0n) is 11.2. The van der Waals surface area contributed by atoms with Crippen LogP contribution in [0, 0.1) is 5.41 Å². The molecular weight excluding hydrogens is 218 g/mol. The van der Waals surface area contributed by atoms with Crippen LogP contribution in [0.15, 0.2) is 4.99 Å². The van der Waals surface area contributed by atoms with Crippen LogP contribution in [0.1, 0.15) is 27.2 Å². The largest absolute Gasteiger partial charge is 0.364 e. The van der Waals surface area contributed by atoms with E-state index in [-0.39, 0.29) is 5.41 Å². The summed E-state index contributed by atoms with van der Waals surface area (Å²) in [4.78, 5) is 6.76. The maximum Gasteiger partial charge on any atom is 0.156 e. The van der Waals surface area contributed by atoms with Gasteiger partial charge in [-0.3, -0.25) is 4.99 Å². The van der Waals surface area contributed by atoms with E-state index in [1.165, 1.54) is 6.42 Å². The van der Waals surface area contributed by atoms with E-state index in [2.05, 4.69) is 50.1 Å². The molecule has 94 valence electrons. The average Bonchev–Trinajstić information content (AvgIpc) is 2.60. The molecule has 0 aliphatic carbocycles. The fraction of sp³-hybridized carbons (Fsp3) is 0.917. The van der Waals surface area contributed by atoms with Gasteiger partial charge in [-0.25, -0.2) is 0 Å². The molecular formula is C12H25N3S. The van der Waals surface area contributed by atoms with Crippen molar-refractivity contribution in [2.75, 3.05) is 33.7 Å². The fourth-order valence-electron chi connectivity index (χ4n) is 1.95. The second-order valence-electron chi connectivity index (χ2n) is 5.55. The molecule has 0 aromatic carbocycles. The Morgan fingerprint density at radius 1 is 1.50 bits per heavy atom. The highest BCUT2D eigenvalue weighted by Crippen LogP contribution is 2.23. The van der Waals surface area contributed by atoms with E-state index in [1.807, 2.05) is 11.8 Å². The van der Waals surface area contributed by atoms with Crippen molar-refractivity contribution in [1.29, 1.82) is 0 Å². The zero-order valence-corrected chi connectivity index (χ0v) is 12.0. The summed E-state index contributed by atoms with van der Waals surface area (Å²) in [7, 11) is 4.24. The first-order valence-electron chi connectivity index (χ1n) is 6.02. The van der Waals surface area contributed by atoms with E-state index in [0.29, 0.717) is 5.25 Å². The Hall–Kier alpha value is -0.220. The van der Waals surface area contributed by atoms with Crippen molar-refractivity contribution in [3.63, 3.8) is 0 Å². The number of rotatable bonds is 5. The SMILES string of the molecule is CCC1CN=C(NCC(C)(C)CN(C)C)S1. The van der Waals surface area contributed by atoms with Crippen LogP contribution in [-0.2, 0) is 0 Å². The summed E-state index contributed by atoms with van der Waals surface area (Å²) in [6.45, 7) is 9.88. The predicted molar refractivity (Wildman–Crippen MR) is 74.3 cm³/mol. The highest BCUT2D eigenvalue weighted by molar-refractivity contribution is 8.14. The Balaban J connectivity index is 2.29. The molecule has 1 N–H and O–H groups in total. The number of hydrogen-bond donors (Lipinski definition) is 1. The van der Waals surface area contributed by atoms with E-state index in [0.717, 1.165) is 24.8 Å². The first kappa shape index (κ1) is 13.8. The summed E-state index contributed by atoms with van der Waals surface area (Å²) in [6, 6.07) is 0.